The molecule has 1 atom stereocenters. The summed E-state index contributed by atoms with van der Waals surface area (Å²) in [5.41, 5.74) is 0.506. The summed E-state index contributed by atoms with van der Waals surface area (Å²) in [6.45, 7) is 3.70. The fourth-order valence-electron chi connectivity index (χ4n) is 1.25. The van der Waals surface area contributed by atoms with E-state index in [1.807, 2.05) is 6.92 Å². The maximum absolute atomic E-state index is 10.7. The zero-order valence-electron chi connectivity index (χ0n) is 8.14. The smallest absolute Gasteiger partial charge is 0.358 e. The first-order valence-corrected chi connectivity index (χ1v) is 4.40. The van der Waals surface area contributed by atoms with E-state index in [1.54, 1.807) is 6.92 Å². The molecule has 14 heavy (non-hydrogen) atoms. The quantitative estimate of drug-likeness (QED) is 0.708. The molecule has 6 nitrogen and oxygen atoms in total. The molecule has 0 fully saturated rings. The highest BCUT2D eigenvalue weighted by atomic mass is 16.4. The predicted molar refractivity (Wildman–Crippen MR) is 48.0 cm³/mol. The van der Waals surface area contributed by atoms with Crippen molar-refractivity contribution in [1.29, 1.82) is 0 Å². The van der Waals surface area contributed by atoms with Gasteiger partial charge in [-0.3, -0.25) is 0 Å². The van der Waals surface area contributed by atoms with Gasteiger partial charge in [-0.2, -0.15) is 0 Å². The Balaban J connectivity index is 3.01. The lowest BCUT2D eigenvalue weighted by Gasteiger charge is -2.06. The SMILES string of the molecule is CCc1c(C(=O)O)nnn1CC(C)O. The Labute approximate surface area is 81.2 Å². The molecule has 1 aromatic heterocycles. The van der Waals surface area contributed by atoms with Crippen LogP contribution in [0.4, 0.5) is 0 Å². The number of aliphatic hydroxyl groups excluding tert-OH is 1. The number of hydrogen-bond acceptors (Lipinski definition) is 4. The van der Waals surface area contributed by atoms with Crippen molar-refractivity contribution in [3.05, 3.63) is 11.4 Å². The Hall–Kier alpha value is -1.43. The second-order valence-corrected chi connectivity index (χ2v) is 3.07. The van der Waals surface area contributed by atoms with Crippen LogP contribution in [0.5, 0.6) is 0 Å². The molecular weight excluding hydrogens is 186 g/mol. The van der Waals surface area contributed by atoms with Crippen molar-refractivity contribution in [2.45, 2.75) is 32.9 Å². The number of rotatable bonds is 4. The summed E-state index contributed by atoms with van der Waals surface area (Å²) in [5, 5.41) is 25.1. The van der Waals surface area contributed by atoms with Crippen LogP contribution in [0.25, 0.3) is 0 Å². The number of aromatic carboxylic acids is 1. The third-order valence-electron chi connectivity index (χ3n) is 1.81. The van der Waals surface area contributed by atoms with Gasteiger partial charge in [0.1, 0.15) is 0 Å². The Kier molecular flexibility index (Phi) is 3.19. The van der Waals surface area contributed by atoms with Crippen LogP contribution in [-0.2, 0) is 13.0 Å². The summed E-state index contributed by atoms with van der Waals surface area (Å²) < 4.78 is 1.42. The highest BCUT2D eigenvalue weighted by Gasteiger charge is 2.17. The van der Waals surface area contributed by atoms with Crippen LogP contribution in [0.1, 0.15) is 30.0 Å². The van der Waals surface area contributed by atoms with Crippen molar-refractivity contribution < 1.29 is 15.0 Å². The largest absolute Gasteiger partial charge is 0.476 e. The van der Waals surface area contributed by atoms with Crippen LogP contribution < -0.4 is 0 Å². The molecule has 1 rings (SSSR count). The minimum atomic E-state index is -1.08. The first kappa shape index (κ1) is 10.6. The number of carbonyl (C=O) groups is 1. The molecule has 0 aliphatic carbocycles. The van der Waals surface area contributed by atoms with Gasteiger partial charge in [0.05, 0.1) is 18.3 Å². The average molecular weight is 199 g/mol. The van der Waals surface area contributed by atoms with E-state index in [0.717, 1.165) is 0 Å². The number of aliphatic hydroxyl groups is 1. The van der Waals surface area contributed by atoms with E-state index < -0.39 is 12.1 Å². The van der Waals surface area contributed by atoms with Gasteiger partial charge in [0.2, 0.25) is 0 Å². The third-order valence-corrected chi connectivity index (χ3v) is 1.81. The predicted octanol–water partition coefficient (Wildman–Crippen LogP) is -0.0805. The summed E-state index contributed by atoms with van der Waals surface area (Å²) in [4.78, 5) is 10.7. The first-order chi connectivity index (χ1) is 6.56. The Morgan fingerprint density at radius 2 is 2.29 bits per heavy atom. The summed E-state index contributed by atoms with van der Waals surface area (Å²) >= 11 is 0. The van der Waals surface area contributed by atoms with Crippen molar-refractivity contribution in [1.82, 2.24) is 15.0 Å². The van der Waals surface area contributed by atoms with E-state index in [-0.39, 0.29) is 12.2 Å². The van der Waals surface area contributed by atoms with E-state index in [2.05, 4.69) is 10.3 Å². The molecule has 0 aliphatic rings. The zero-order valence-corrected chi connectivity index (χ0v) is 8.14. The molecule has 6 heteroatoms. The van der Waals surface area contributed by atoms with E-state index in [1.165, 1.54) is 4.68 Å². The number of nitrogens with zero attached hydrogens (tertiary/aromatic N) is 3. The molecule has 0 saturated carbocycles. The van der Waals surface area contributed by atoms with Crippen LogP contribution in [0.3, 0.4) is 0 Å². The zero-order chi connectivity index (χ0) is 10.7. The van der Waals surface area contributed by atoms with E-state index >= 15 is 0 Å². The Morgan fingerprint density at radius 3 is 2.71 bits per heavy atom. The molecule has 0 radical (unpaired) electrons. The van der Waals surface area contributed by atoms with E-state index in [4.69, 9.17) is 10.2 Å². The van der Waals surface area contributed by atoms with Crippen LogP contribution in [0.15, 0.2) is 0 Å². The minimum Gasteiger partial charge on any atom is -0.476 e. The molecule has 0 bridgehead atoms. The van der Waals surface area contributed by atoms with Gasteiger partial charge < -0.3 is 10.2 Å². The van der Waals surface area contributed by atoms with Crippen molar-refractivity contribution >= 4 is 5.97 Å². The monoisotopic (exact) mass is 199 g/mol. The molecule has 0 aromatic carbocycles. The molecule has 1 unspecified atom stereocenters. The van der Waals surface area contributed by atoms with Crippen molar-refractivity contribution in [2.24, 2.45) is 0 Å². The van der Waals surface area contributed by atoms with E-state index in [0.29, 0.717) is 12.1 Å². The van der Waals surface area contributed by atoms with Gasteiger partial charge in [0.25, 0.3) is 0 Å². The molecular formula is C8H13N3O3. The van der Waals surface area contributed by atoms with E-state index in [9.17, 15) is 4.79 Å². The average Bonchev–Trinajstić information content (AvgIpc) is 2.46. The Morgan fingerprint density at radius 1 is 1.64 bits per heavy atom. The van der Waals surface area contributed by atoms with Crippen molar-refractivity contribution in [3.63, 3.8) is 0 Å². The van der Waals surface area contributed by atoms with Crippen LogP contribution >= 0.6 is 0 Å². The summed E-state index contributed by atoms with van der Waals surface area (Å²) in [5.74, 6) is -1.08. The summed E-state index contributed by atoms with van der Waals surface area (Å²) in [7, 11) is 0. The third kappa shape index (κ3) is 2.08. The lowest BCUT2D eigenvalue weighted by Crippen LogP contribution is -2.16. The number of carboxylic acid groups (broad SMARTS) is 1. The van der Waals surface area contributed by atoms with Gasteiger partial charge in [0.15, 0.2) is 5.69 Å². The van der Waals surface area contributed by atoms with Crippen molar-refractivity contribution in [2.75, 3.05) is 0 Å². The lowest BCUT2D eigenvalue weighted by atomic mass is 10.2. The molecule has 0 amide bonds. The molecule has 0 spiro atoms. The van der Waals surface area contributed by atoms with Crippen LogP contribution in [0.2, 0.25) is 0 Å². The second-order valence-electron chi connectivity index (χ2n) is 3.07. The lowest BCUT2D eigenvalue weighted by molar-refractivity contribution is 0.0689. The van der Waals surface area contributed by atoms with Gasteiger partial charge in [0, 0.05) is 0 Å². The Bertz CT molecular complexity index is 333. The van der Waals surface area contributed by atoms with Gasteiger partial charge in [-0.1, -0.05) is 12.1 Å². The number of hydrogen-bond donors (Lipinski definition) is 2. The van der Waals surface area contributed by atoms with Gasteiger partial charge >= 0.3 is 5.97 Å². The molecule has 0 saturated heterocycles. The maximum atomic E-state index is 10.7. The maximum Gasteiger partial charge on any atom is 0.358 e. The normalized spacial score (nSPS) is 12.8. The number of carboxylic acids is 1. The van der Waals surface area contributed by atoms with Crippen LogP contribution in [0, 0.1) is 0 Å². The fourth-order valence-corrected chi connectivity index (χ4v) is 1.25. The second kappa shape index (κ2) is 4.19. The minimum absolute atomic E-state index is 0.0341. The highest BCUT2D eigenvalue weighted by Crippen LogP contribution is 2.07. The number of aromatic nitrogens is 3. The van der Waals surface area contributed by atoms with Gasteiger partial charge in [-0.05, 0) is 13.3 Å². The fraction of sp³-hybridized carbons (Fsp3) is 0.625. The molecule has 1 aromatic rings. The van der Waals surface area contributed by atoms with Crippen LogP contribution in [-0.4, -0.2) is 37.3 Å². The first-order valence-electron chi connectivity index (χ1n) is 4.40. The van der Waals surface area contributed by atoms with Gasteiger partial charge in [-0.25, -0.2) is 9.48 Å². The van der Waals surface area contributed by atoms with Crippen molar-refractivity contribution in [3.8, 4) is 0 Å². The summed E-state index contributed by atoms with van der Waals surface area (Å²) in [6.07, 6.45) is -0.0369. The molecule has 1 heterocycles. The highest BCUT2D eigenvalue weighted by molar-refractivity contribution is 5.86. The molecule has 2 N–H and O–H groups in total. The standard InChI is InChI=1S/C8H13N3O3/c1-3-6-7(8(13)14)9-10-11(6)4-5(2)12/h5,12H,3-4H2,1-2H3,(H,13,14). The van der Waals surface area contributed by atoms with Gasteiger partial charge in [-0.15, -0.1) is 5.10 Å². The molecule has 78 valence electrons. The topological polar surface area (TPSA) is 88.2 Å². The molecule has 0 aliphatic heterocycles. The summed E-state index contributed by atoms with van der Waals surface area (Å²) in [6, 6.07) is 0.